The van der Waals surface area contributed by atoms with Crippen molar-refractivity contribution in [3.8, 4) is 17.9 Å². The maximum absolute atomic E-state index is 9.30. The summed E-state index contributed by atoms with van der Waals surface area (Å²) in [6.45, 7) is 0.0616. The molecule has 0 amide bonds. The molecule has 3 nitrogen and oxygen atoms in total. The lowest BCUT2D eigenvalue weighted by atomic mass is 9.78. The average Bonchev–Trinajstić information content (AvgIpc) is 3.00. The Morgan fingerprint density at radius 2 is 1.90 bits per heavy atom. The van der Waals surface area contributed by atoms with E-state index in [1.807, 2.05) is 24.3 Å². The van der Waals surface area contributed by atoms with E-state index in [9.17, 15) is 5.11 Å². The first-order valence-electron chi connectivity index (χ1n) is 7.70. The van der Waals surface area contributed by atoms with Crippen molar-refractivity contribution < 1.29 is 5.11 Å². The maximum Gasteiger partial charge on any atom is 0.104 e. The van der Waals surface area contributed by atoms with E-state index in [2.05, 4.69) is 23.2 Å². The molecule has 1 saturated heterocycles. The van der Waals surface area contributed by atoms with Crippen LogP contribution in [0.4, 0.5) is 0 Å². The lowest BCUT2D eigenvalue weighted by Crippen LogP contribution is -2.60. The zero-order valence-electron chi connectivity index (χ0n) is 12.0. The smallest absolute Gasteiger partial charge is 0.104 e. The van der Waals surface area contributed by atoms with Gasteiger partial charge in [-0.3, -0.25) is 5.32 Å². The maximum atomic E-state index is 9.30. The number of nitrogens with zero attached hydrogens (tertiary/aromatic N) is 1. The van der Waals surface area contributed by atoms with E-state index in [-0.39, 0.29) is 24.6 Å². The summed E-state index contributed by atoms with van der Waals surface area (Å²) in [6, 6.07) is 10.2. The minimum atomic E-state index is -0.197. The van der Waals surface area contributed by atoms with E-state index >= 15 is 0 Å². The van der Waals surface area contributed by atoms with Gasteiger partial charge in [0.15, 0.2) is 0 Å². The van der Waals surface area contributed by atoms with Gasteiger partial charge in [0.05, 0.1) is 12.7 Å². The third kappa shape index (κ3) is 2.95. The second-order valence-corrected chi connectivity index (χ2v) is 5.96. The lowest BCUT2D eigenvalue weighted by molar-refractivity contribution is 0.151. The first kappa shape index (κ1) is 14.1. The number of hydrogen-bond acceptors (Lipinski definition) is 3. The van der Waals surface area contributed by atoms with E-state index in [0.29, 0.717) is 5.92 Å². The van der Waals surface area contributed by atoms with Gasteiger partial charge in [0.1, 0.15) is 6.04 Å². The second kappa shape index (κ2) is 6.31. The van der Waals surface area contributed by atoms with Gasteiger partial charge in [-0.15, -0.1) is 0 Å². The standard InChI is InChI=1S/C18H20N2O/c19-11-16-18(17(12-21)20-16)15-9-7-14(8-10-15)6-5-13-3-1-2-4-13/h7-10,13,16-18,20-21H,1-4,12H2/t16-,17+,18-/m0/s1. The van der Waals surface area contributed by atoms with Gasteiger partial charge in [-0.05, 0) is 30.5 Å². The highest BCUT2D eigenvalue weighted by atomic mass is 16.3. The van der Waals surface area contributed by atoms with Gasteiger partial charge in [0.25, 0.3) is 0 Å². The highest BCUT2D eigenvalue weighted by Crippen LogP contribution is 2.31. The van der Waals surface area contributed by atoms with Crippen molar-refractivity contribution in [2.75, 3.05) is 6.61 Å². The Labute approximate surface area is 126 Å². The summed E-state index contributed by atoms with van der Waals surface area (Å²) in [5.41, 5.74) is 2.14. The summed E-state index contributed by atoms with van der Waals surface area (Å²) in [4.78, 5) is 0. The van der Waals surface area contributed by atoms with Crippen molar-refractivity contribution in [2.24, 2.45) is 5.92 Å². The largest absolute Gasteiger partial charge is 0.395 e. The molecule has 1 heterocycles. The summed E-state index contributed by atoms with van der Waals surface area (Å²) in [7, 11) is 0. The number of aliphatic hydroxyl groups is 1. The molecule has 0 unspecified atom stereocenters. The summed E-state index contributed by atoms with van der Waals surface area (Å²) < 4.78 is 0. The Bertz CT molecular complexity index is 584. The van der Waals surface area contributed by atoms with Crippen LogP contribution in [0, 0.1) is 29.1 Å². The number of rotatable bonds is 2. The molecule has 0 spiro atoms. The van der Waals surface area contributed by atoms with E-state index < -0.39 is 0 Å². The molecule has 0 bridgehead atoms. The van der Waals surface area contributed by atoms with Crippen LogP contribution in [0.5, 0.6) is 0 Å². The van der Waals surface area contributed by atoms with Gasteiger partial charge in [-0.1, -0.05) is 36.8 Å². The van der Waals surface area contributed by atoms with E-state index in [1.165, 1.54) is 25.7 Å². The van der Waals surface area contributed by atoms with Crippen LogP contribution in [0.2, 0.25) is 0 Å². The minimum Gasteiger partial charge on any atom is -0.395 e. The SMILES string of the molecule is N#C[C@@H]1N[C@H](CO)[C@H]1c1ccc(C#CC2CCCC2)cc1. The lowest BCUT2D eigenvalue weighted by Gasteiger charge is -2.41. The van der Waals surface area contributed by atoms with Crippen molar-refractivity contribution in [2.45, 2.75) is 43.7 Å². The van der Waals surface area contributed by atoms with Gasteiger partial charge < -0.3 is 5.11 Å². The van der Waals surface area contributed by atoms with Crippen LogP contribution in [0.1, 0.15) is 42.7 Å². The summed E-state index contributed by atoms with van der Waals surface area (Å²) >= 11 is 0. The first-order valence-corrected chi connectivity index (χ1v) is 7.70. The van der Waals surface area contributed by atoms with E-state index in [0.717, 1.165) is 11.1 Å². The monoisotopic (exact) mass is 280 g/mol. The van der Waals surface area contributed by atoms with E-state index in [4.69, 9.17) is 5.26 Å². The zero-order chi connectivity index (χ0) is 14.7. The molecule has 1 aromatic rings. The molecular formula is C18H20N2O. The van der Waals surface area contributed by atoms with Crippen LogP contribution in [0.15, 0.2) is 24.3 Å². The Hall–Kier alpha value is -1.81. The van der Waals surface area contributed by atoms with Gasteiger partial charge in [0, 0.05) is 23.4 Å². The molecule has 0 radical (unpaired) electrons. The first-order chi connectivity index (χ1) is 10.3. The number of nitrogens with one attached hydrogen (secondary N) is 1. The van der Waals surface area contributed by atoms with Crippen molar-refractivity contribution in [1.29, 1.82) is 5.26 Å². The minimum absolute atomic E-state index is 0.00919. The van der Waals surface area contributed by atoms with Crippen LogP contribution in [-0.2, 0) is 0 Å². The Balaban J connectivity index is 1.70. The summed E-state index contributed by atoms with van der Waals surface area (Å²) in [5.74, 6) is 7.27. The second-order valence-electron chi connectivity index (χ2n) is 5.96. The van der Waals surface area contributed by atoms with Gasteiger partial charge in [-0.2, -0.15) is 5.26 Å². The van der Waals surface area contributed by atoms with Crippen LogP contribution >= 0.6 is 0 Å². The highest BCUT2D eigenvalue weighted by molar-refractivity contribution is 5.40. The molecule has 2 N–H and O–H groups in total. The molecular weight excluding hydrogens is 260 g/mol. The summed E-state index contributed by atoms with van der Waals surface area (Å²) in [6.07, 6.45) is 5.10. The number of aliphatic hydroxyl groups excluding tert-OH is 1. The third-order valence-electron chi connectivity index (χ3n) is 4.59. The zero-order valence-corrected chi connectivity index (χ0v) is 12.0. The van der Waals surface area contributed by atoms with Crippen molar-refractivity contribution in [1.82, 2.24) is 5.32 Å². The number of hydrogen-bond donors (Lipinski definition) is 2. The molecule has 1 aliphatic heterocycles. The molecule has 1 aliphatic carbocycles. The molecule has 3 atom stereocenters. The van der Waals surface area contributed by atoms with Gasteiger partial charge >= 0.3 is 0 Å². The van der Waals surface area contributed by atoms with Gasteiger partial charge in [-0.25, -0.2) is 0 Å². The molecule has 1 aromatic carbocycles. The molecule has 1 saturated carbocycles. The Kier molecular flexibility index (Phi) is 4.25. The predicted octanol–water partition coefficient (Wildman–Crippen LogP) is 2.17. The van der Waals surface area contributed by atoms with Crippen molar-refractivity contribution in [3.05, 3.63) is 35.4 Å². The highest BCUT2D eigenvalue weighted by Gasteiger charge is 2.40. The van der Waals surface area contributed by atoms with Gasteiger partial charge in [0.2, 0.25) is 0 Å². The molecule has 108 valence electrons. The third-order valence-corrected chi connectivity index (χ3v) is 4.59. The van der Waals surface area contributed by atoms with Crippen molar-refractivity contribution in [3.63, 3.8) is 0 Å². The Morgan fingerprint density at radius 3 is 2.52 bits per heavy atom. The van der Waals surface area contributed by atoms with Crippen LogP contribution in [0.3, 0.4) is 0 Å². The normalized spacial score (nSPS) is 28.3. The molecule has 21 heavy (non-hydrogen) atoms. The fourth-order valence-corrected chi connectivity index (χ4v) is 3.30. The van der Waals surface area contributed by atoms with Crippen molar-refractivity contribution >= 4 is 0 Å². The molecule has 2 fully saturated rings. The van der Waals surface area contributed by atoms with Crippen LogP contribution in [0.25, 0.3) is 0 Å². The molecule has 3 rings (SSSR count). The number of benzene rings is 1. The molecule has 3 heteroatoms. The fraction of sp³-hybridized carbons (Fsp3) is 0.500. The molecule has 0 aromatic heterocycles. The number of nitriles is 1. The average molecular weight is 280 g/mol. The fourth-order valence-electron chi connectivity index (χ4n) is 3.30. The van der Waals surface area contributed by atoms with Crippen LogP contribution < -0.4 is 5.32 Å². The quantitative estimate of drug-likeness (QED) is 0.816. The Morgan fingerprint density at radius 1 is 1.19 bits per heavy atom. The van der Waals surface area contributed by atoms with Crippen LogP contribution in [-0.4, -0.2) is 23.8 Å². The molecule has 2 aliphatic rings. The predicted molar refractivity (Wildman–Crippen MR) is 81.4 cm³/mol. The van der Waals surface area contributed by atoms with E-state index in [1.54, 1.807) is 0 Å². The summed E-state index contributed by atoms with van der Waals surface area (Å²) in [5, 5.41) is 21.4. The topological polar surface area (TPSA) is 56.0 Å².